The van der Waals surface area contributed by atoms with Gasteiger partial charge in [0.05, 0.1) is 30.6 Å². The van der Waals surface area contributed by atoms with Crippen LogP contribution in [0.25, 0.3) is 0 Å². The molecule has 2 unspecified atom stereocenters. The minimum Gasteiger partial charge on any atom is -0.399 e. The van der Waals surface area contributed by atoms with Crippen LogP contribution in [0.2, 0.25) is 5.02 Å². The Morgan fingerprint density at radius 2 is 1.91 bits per heavy atom. The first kappa shape index (κ1) is 21.8. The van der Waals surface area contributed by atoms with Crippen molar-refractivity contribution in [3.05, 3.63) is 87.4 Å². The Balaban J connectivity index is 1.39. The normalized spacial score (nSPS) is 22.0. The summed E-state index contributed by atoms with van der Waals surface area (Å²) in [5.41, 5.74) is 8.06. The van der Waals surface area contributed by atoms with Gasteiger partial charge in [-0.2, -0.15) is 0 Å². The first-order chi connectivity index (χ1) is 16.8. The van der Waals surface area contributed by atoms with Gasteiger partial charge >= 0.3 is 6.03 Å². The monoisotopic (exact) mass is 496 g/mol. The molecule has 1 fully saturated rings. The van der Waals surface area contributed by atoms with Crippen molar-refractivity contribution >= 4 is 40.6 Å². The van der Waals surface area contributed by atoms with Gasteiger partial charge in [0.2, 0.25) is 0 Å². The van der Waals surface area contributed by atoms with Gasteiger partial charge in [0, 0.05) is 39.4 Å². The molecule has 0 aliphatic carbocycles. The molecule has 3 aliphatic heterocycles. The standard InChI is InChI=1S/C25H19ClF2N4O3/c26-18-3-1-12(27)7-15(18)22-21-16(23(33)31-22)9-14(29)10-19(21)30-24(34)32-11-25(5-6-35-25)17-8-13(28)2-4-20(17)32/h1-4,7-10,22H,5-6,11,29H2,(H,30,34)(H,31,33). The predicted octanol–water partition coefficient (Wildman–Crippen LogP) is 4.70. The molecular formula is C25H19ClF2N4O3. The molecular weight excluding hydrogens is 478 g/mol. The van der Waals surface area contributed by atoms with Gasteiger partial charge in [-0.25, -0.2) is 13.6 Å². The Kier molecular flexibility index (Phi) is 4.77. The third kappa shape index (κ3) is 3.34. The van der Waals surface area contributed by atoms with Crippen LogP contribution in [0.4, 0.5) is 30.6 Å². The number of hydrogen-bond acceptors (Lipinski definition) is 4. The first-order valence-electron chi connectivity index (χ1n) is 11.0. The lowest BCUT2D eigenvalue weighted by atomic mass is 9.88. The van der Waals surface area contributed by atoms with Gasteiger partial charge in [0.25, 0.3) is 5.91 Å². The summed E-state index contributed by atoms with van der Waals surface area (Å²) in [6.07, 6.45) is 0.666. The second-order valence-corrected chi connectivity index (χ2v) is 9.28. The van der Waals surface area contributed by atoms with Crippen molar-refractivity contribution in [3.63, 3.8) is 0 Å². The summed E-state index contributed by atoms with van der Waals surface area (Å²) in [5, 5.41) is 5.91. The Bertz CT molecular complexity index is 1430. The summed E-state index contributed by atoms with van der Waals surface area (Å²) >= 11 is 6.32. The highest BCUT2D eigenvalue weighted by molar-refractivity contribution is 6.31. The van der Waals surface area contributed by atoms with E-state index < -0.39 is 35.2 Å². The zero-order valence-electron chi connectivity index (χ0n) is 18.2. The van der Waals surface area contributed by atoms with Gasteiger partial charge in [0.15, 0.2) is 0 Å². The molecule has 1 saturated heterocycles. The molecule has 178 valence electrons. The van der Waals surface area contributed by atoms with Crippen molar-refractivity contribution < 1.29 is 23.1 Å². The topological polar surface area (TPSA) is 96.7 Å². The van der Waals surface area contributed by atoms with Crippen LogP contribution >= 0.6 is 11.6 Å². The van der Waals surface area contributed by atoms with Crippen molar-refractivity contribution in [1.29, 1.82) is 0 Å². The SMILES string of the molecule is Nc1cc(NC(=O)N2CC3(CCO3)c3cc(F)ccc32)c2c(c1)C(=O)NC2c1cc(F)ccc1Cl. The second kappa shape index (κ2) is 7.66. The highest BCUT2D eigenvalue weighted by Gasteiger charge is 2.50. The number of benzene rings is 3. The number of carbonyl (C=O) groups is 2. The van der Waals surface area contributed by atoms with Crippen LogP contribution in [0.3, 0.4) is 0 Å². The molecule has 7 nitrogen and oxygen atoms in total. The molecule has 4 N–H and O–H groups in total. The smallest absolute Gasteiger partial charge is 0.326 e. The minimum atomic E-state index is -0.794. The van der Waals surface area contributed by atoms with Crippen LogP contribution < -0.4 is 21.3 Å². The van der Waals surface area contributed by atoms with E-state index in [1.54, 1.807) is 6.07 Å². The number of halogens is 3. The van der Waals surface area contributed by atoms with Gasteiger partial charge in [-0.05, 0) is 48.5 Å². The summed E-state index contributed by atoms with van der Waals surface area (Å²) in [4.78, 5) is 27.7. The highest BCUT2D eigenvalue weighted by Crippen LogP contribution is 2.49. The summed E-state index contributed by atoms with van der Waals surface area (Å²) in [6, 6.07) is 9.85. The number of carbonyl (C=O) groups excluding carboxylic acids is 2. The fourth-order valence-electron chi connectivity index (χ4n) is 5.11. The number of anilines is 3. The van der Waals surface area contributed by atoms with Gasteiger partial charge < -0.3 is 21.1 Å². The molecule has 2 atom stereocenters. The number of nitrogens with one attached hydrogen (secondary N) is 2. The Morgan fingerprint density at radius 1 is 1.17 bits per heavy atom. The lowest BCUT2D eigenvalue weighted by Gasteiger charge is -2.39. The Morgan fingerprint density at radius 3 is 2.66 bits per heavy atom. The highest BCUT2D eigenvalue weighted by atomic mass is 35.5. The maximum absolute atomic E-state index is 14.0. The molecule has 35 heavy (non-hydrogen) atoms. The number of hydrogen-bond donors (Lipinski definition) is 3. The third-order valence-electron chi connectivity index (χ3n) is 6.80. The van der Waals surface area contributed by atoms with Crippen LogP contribution in [0.5, 0.6) is 0 Å². The molecule has 3 amide bonds. The fraction of sp³-hybridized carbons (Fsp3) is 0.200. The molecule has 0 radical (unpaired) electrons. The molecule has 0 aromatic heterocycles. The van der Waals surface area contributed by atoms with E-state index in [9.17, 15) is 18.4 Å². The number of amides is 3. The number of nitrogens with zero attached hydrogens (tertiary/aromatic N) is 1. The second-order valence-electron chi connectivity index (χ2n) is 8.87. The lowest BCUT2D eigenvalue weighted by Crippen LogP contribution is -2.47. The van der Waals surface area contributed by atoms with Crippen molar-refractivity contribution in [3.8, 4) is 0 Å². The molecule has 3 aromatic rings. The number of nitrogen functional groups attached to an aromatic ring is 1. The van der Waals surface area contributed by atoms with Crippen LogP contribution in [0, 0.1) is 11.6 Å². The lowest BCUT2D eigenvalue weighted by molar-refractivity contribution is -0.141. The number of urea groups is 1. The molecule has 3 heterocycles. The molecule has 10 heteroatoms. The first-order valence-corrected chi connectivity index (χ1v) is 11.4. The third-order valence-corrected chi connectivity index (χ3v) is 7.15. The molecule has 3 aromatic carbocycles. The molecule has 3 aliphatic rings. The zero-order valence-corrected chi connectivity index (χ0v) is 19.0. The van der Waals surface area contributed by atoms with E-state index in [0.717, 1.165) is 0 Å². The summed E-state index contributed by atoms with van der Waals surface area (Å²) in [6.45, 7) is 0.746. The van der Waals surface area contributed by atoms with E-state index in [2.05, 4.69) is 10.6 Å². The average Bonchev–Trinajstić information content (AvgIpc) is 3.30. The number of fused-ring (bicyclic) bond motifs is 3. The van der Waals surface area contributed by atoms with Crippen molar-refractivity contribution in [2.24, 2.45) is 0 Å². The Hall–Kier alpha value is -3.69. The fourth-order valence-corrected chi connectivity index (χ4v) is 5.34. The summed E-state index contributed by atoms with van der Waals surface area (Å²) in [5.74, 6) is -1.34. The van der Waals surface area contributed by atoms with E-state index in [4.69, 9.17) is 22.1 Å². The molecule has 0 bridgehead atoms. The van der Waals surface area contributed by atoms with Crippen LogP contribution in [-0.4, -0.2) is 25.1 Å². The molecule has 0 saturated carbocycles. The number of ether oxygens (including phenoxy) is 1. The van der Waals surface area contributed by atoms with Crippen LogP contribution in [0.1, 0.15) is 39.5 Å². The number of nitrogens with two attached hydrogens (primary N) is 1. The van der Waals surface area contributed by atoms with Crippen LogP contribution in [0.15, 0.2) is 48.5 Å². The Labute approximate surface area is 203 Å². The van der Waals surface area contributed by atoms with E-state index in [1.807, 2.05) is 0 Å². The van der Waals surface area contributed by atoms with Gasteiger partial charge in [-0.15, -0.1) is 0 Å². The quantitative estimate of drug-likeness (QED) is 0.448. The van der Waals surface area contributed by atoms with Gasteiger partial charge in [-0.3, -0.25) is 9.69 Å². The summed E-state index contributed by atoms with van der Waals surface area (Å²) in [7, 11) is 0. The maximum Gasteiger partial charge on any atom is 0.326 e. The van der Waals surface area contributed by atoms with E-state index in [1.165, 1.54) is 47.4 Å². The zero-order chi connectivity index (χ0) is 24.5. The van der Waals surface area contributed by atoms with Crippen molar-refractivity contribution in [2.45, 2.75) is 18.1 Å². The predicted molar refractivity (Wildman–Crippen MR) is 127 cm³/mol. The van der Waals surface area contributed by atoms with E-state index in [0.29, 0.717) is 35.4 Å². The minimum absolute atomic E-state index is 0.221. The van der Waals surface area contributed by atoms with Crippen LogP contribution in [-0.2, 0) is 10.3 Å². The largest absolute Gasteiger partial charge is 0.399 e. The van der Waals surface area contributed by atoms with Crippen molar-refractivity contribution in [1.82, 2.24) is 5.32 Å². The van der Waals surface area contributed by atoms with Gasteiger partial charge in [0.1, 0.15) is 17.2 Å². The number of rotatable bonds is 2. The molecule has 1 spiro atoms. The molecule has 6 rings (SSSR count). The van der Waals surface area contributed by atoms with E-state index >= 15 is 0 Å². The van der Waals surface area contributed by atoms with Crippen molar-refractivity contribution in [2.75, 3.05) is 29.1 Å². The average molecular weight is 497 g/mol. The maximum atomic E-state index is 14.0. The van der Waals surface area contributed by atoms with Gasteiger partial charge in [-0.1, -0.05) is 11.6 Å². The summed E-state index contributed by atoms with van der Waals surface area (Å²) < 4.78 is 33.8. The van der Waals surface area contributed by atoms with E-state index in [-0.39, 0.29) is 28.5 Å².